The van der Waals surface area contributed by atoms with E-state index in [1.165, 1.54) is 30.3 Å². The van der Waals surface area contributed by atoms with Gasteiger partial charge in [0.05, 0.1) is 12.8 Å². The summed E-state index contributed by atoms with van der Waals surface area (Å²) < 4.78 is 4.77. The molecule has 2 aromatic rings. The standard InChI is InChI=1S/C15H15N3O2S/c1-10-4-6-11(7-5-10)13-9-21-15(17-13)18-14(19)12(16-2)8-20-3/h4-9H,2H2,1,3H3,(H,17,18,19)/b12-8-. The van der Waals surface area contributed by atoms with Gasteiger partial charge in [0.2, 0.25) is 0 Å². The molecule has 1 aromatic heterocycles. The molecular weight excluding hydrogens is 286 g/mol. The van der Waals surface area contributed by atoms with Gasteiger partial charge in [-0.3, -0.25) is 15.1 Å². The number of thiazole rings is 1. The van der Waals surface area contributed by atoms with E-state index in [-0.39, 0.29) is 5.70 Å². The number of aromatic nitrogens is 1. The first-order chi connectivity index (χ1) is 10.1. The van der Waals surface area contributed by atoms with E-state index in [2.05, 4.69) is 22.0 Å². The molecule has 1 amide bonds. The van der Waals surface area contributed by atoms with Gasteiger partial charge in [-0.1, -0.05) is 29.8 Å². The average Bonchev–Trinajstić information content (AvgIpc) is 2.93. The van der Waals surface area contributed by atoms with Gasteiger partial charge in [-0.25, -0.2) is 4.98 Å². The first-order valence-corrected chi connectivity index (χ1v) is 7.05. The maximum atomic E-state index is 11.9. The van der Waals surface area contributed by atoms with Crippen molar-refractivity contribution in [3.8, 4) is 11.3 Å². The second kappa shape index (κ2) is 6.81. The van der Waals surface area contributed by atoms with E-state index in [9.17, 15) is 4.79 Å². The van der Waals surface area contributed by atoms with Gasteiger partial charge in [0.25, 0.3) is 5.91 Å². The Morgan fingerprint density at radius 3 is 2.76 bits per heavy atom. The van der Waals surface area contributed by atoms with Crippen molar-refractivity contribution in [3.05, 3.63) is 47.2 Å². The van der Waals surface area contributed by atoms with Crippen LogP contribution in [0.1, 0.15) is 5.56 Å². The van der Waals surface area contributed by atoms with E-state index >= 15 is 0 Å². The summed E-state index contributed by atoms with van der Waals surface area (Å²) >= 11 is 1.35. The molecule has 1 heterocycles. The predicted molar refractivity (Wildman–Crippen MR) is 85.6 cm³/mol. The molecule has 0 fully saturated rings. The minimum absolute atomic E-state index is 0.101. The van der Waals surface area contributed by atoms with Crippen LogP contribution < -0.4 is 5.32 Å². The van der Waals surface area contributed by atoms with Crippen LogP contribution in [0.25, 0.3) is 11.3 Å². The van der Waals surface area contributed by atoms with Crippen molar-refractivity contribution < 1.29 is 9.53 Å². The summed E-state index contributed by atoms with van der Waals surface area (Å²) in [5, 5.41) is 5.06. The Balaban J connectivity index is 2.13. The molecule has 2 rings (SSSR count). The number of carbonyl (C=O) groups excluding carboxylic acids is 1. The maximum Gasteiger partial charge on any atom is 0.279 e. The van der Waals surface area contributed by atoms with Gasteiger partial charge >= 0.3 is 0 Å². The molecule has 0 unspecified atom stereocenters. The Morgan fingerprint density at radius 2 is 2.14 bits per heavy atom. The predicted octanol–water partition coefficient (Wildman–Crippen LogP) is 3.25. The minimum atomic E-state index is -0.406. The van der Waals surface area contributed by atoms with Crippen molar-refractivity contribution in [1.29, 1.82) is 0 Å². The molecule has 0 aliphatic carbocycles. The van der Waals surface area contributed by atoms with Gasteiger partial charge < -0.3 is 4.74 Å². The second-order valence-corrected chi connectivity index (χ2v) is 5.11. The molecule has 0 aliphatic heterocycles. The summed E-state index contributed by atoms with van der Waals surface area (Å²) in [5.74, 6) is -0.406. The fraction of sp³-hybridized carbons (Fsp3) is 0.133. The van der Waals surface area contributed by atoms with E-state index in [0.717, 1.165) is 11.3 Å². The molecule has 1 N–H and O–H groups in total. The lowest BCUT2D eigenvalue weighted by Gasteiger charge is -2.01. The van der Waals surface area contributed by atoms with Gasteiger partial charge in [0, 0.05) is 10.9 Å². The molecular formula is C15H15N3O2S. The Hall–Kier alpha value is -2.47. The molecule has 0 radical (unpaired) electrons. The molecule has 108 valence electrons. The molecule has 0 aliphatic rings. The number of rotatable bonds is 5. The van der Waals surface area contributed by atoms with Crippen molar-refractivity contribution in [2.75, 3.05) is 12.4 Å². The number of hydrogen-bond donors (Lipinski definition) is 1. The number of aliphatic imine (C=N–C) groups is 1. The van der Waals surface area contributed by atoms with Crippen LogP contribution in [-0.2, 0) is 9.53 Å². The monoisotopic (exact) mass is 301 g/mol. The van der Waals surface area contributed by atoms with E-state index < -0.39 is 5.91 Å². The SMILES string of the molecule is C=N/C(=C\OC)C(=O)Nc1nc(-c2ccc(C)cc2)cs1. The zero-order chi connectivity index (χ0) is 15.2. The van der Waals surface area contributed by atoms with Gasteiger partial charge in [-0.15, -0.1) is 11.3 Å². The number of methoxy groups -OCH3 is 1. The van der Waals surface area contributed by atoms with E-state index in [1.807, 2.05) is 36.6 Å². The van der Waals surface area contributed by atoms with Crippen LogP contribution >= 0.6 is 11.3 Å². The van der Waals surface area contributed by atoms with Crippen LogP contribution in [0.4, 0.5) is 5.13 Å². The molecule has 1 aromatic carbocycles. The molecule has 0 atom stereocenters. The van der Waals surface area contributed by atoms with Crippen molar-refractivity contribution in [2.24, 2.45) is 4.99 Å². The number of hydrogen-bond acceptors (Lipinski definition) is 5. The largest absolute Gasteiger partial charge is 0.502 e. The van der Waals surface area contributed by atoms with Gasteiger partial charge in [-0.2, -0.15) is 0 Å². The third-order valence-corrected chi connectivity index (χ3v) is 3.46. The van der Waals surface area contributed by atoms with E-state index in [4.69, 9.17) is 4.74 Å². The summed E-state index contributed by atoms with van der Waals surface area (Å²) in [6.07, 6.45) is 1.23. The lowest BCUT2D eigenvalue weighted by atomic mass is 10.1. The number of carbonyl (C=O) groups is 1. The molecule has 0 spiro atoms. The summed E-state index contributed by atoms with van der Waals surface area (Å²) in [5.41, 5.74) is 3.12. The highest BCUT2D eigenvalue weighted by molar-refractivity contribution is 7.14. The lowest BCUT2D eigenvalue weighted by molar-refractivity contribution is -0.113. The number of nitrogens with zero attached hydrogens (tertiary/aromatic N) is 2. The van der Waals surface area contributed by atoms with Crippen LogP contribution in [0, 0.1) is 6.92 Å². The van der Waals surface area contributed by atoms with Crippen LogP contribution in [0.15, 0.2) is 46.6 Å². The van der Waals surface area contributed by atoms with Crippen LogP contribution in [-0.4, -0.2) is 24.7 Å². The number of ether oxygens (including phenoxy) is 1. The highest BCUT2D eigenvalue weighted by Crippen LogP contribution is 2.25. The third kappa shape index (κ3) is 3.76. The van der Waals surface area contributed by atoms with Gasteiger partial charge in [-0.05, 0) is 13.6 Å². The van der Waals surface area contributed by atoms with Crippen molar-refractivity contribution in [2.45, 2.75) is 6.92 Å². The Bertz CT molecular complexity index is 674. The topological polar surface area (TPSA) is 63.6 Å². The summed E-state index contributed by atoms with van der Waals surface area (Å²) in [7, 11) is 1.44. The quantitative estimate of drug-likeness (QED) is 0.524. The van der Waals surface area contributed by atoms with Crippen molar-refractivity contribution in [3.63, 3.8) is 0 Å². The normalized spacial score (nSPS) is 11.0. The number of anilines is 1. The zero-order valence-electron chi connectivity index (χ0n) is 11.8. The third-order valence-electron chi connectivity index (χ3n) is 2.70. The average molecular weight is 301 g/mol. The minimum Gasteiger partial charge on any atom is -0.502 e. The fourth-order valence-electron chi connectivity index (χ4n) is 1.62. The Morgan fingerprint density at radius 1 is 1.43 bits per heavy atom. The Labute approximate surface area is 127 Å². The molecule has 5 nitrogen and oxygen atoms in total. The lowest BCUT2D eigenvalue weighted by Crippen LogP contribution is -2.13. The van der Waals surface area contributed by atoms with Crippen LogP contribution in [0.5, 0.6) is 0 Å². The highest BCUT2D eigenvalue weighted by atomic mass is 32.1. The molecule has 0 saturated heterocycles. The summed E-state index contributed by atoms with van der Waals surface area (Å²) in [6.45, 7) is 5.36. The summed E-state index contributed by atoms with van der Waals surface area (Å²) in [6, 6.07) is 8.04. The maximum absolute atomic E-state index is 11.9. The first kappa shape index (κ1) is 14.9. The van der Waals surface area contributed by atoms with Crippen LogP contribution in [0.3, 0.4) is 0 Å². The zero-order valence-corrected chi connectivity index (χ0v) is 12.6. The molecule has 0 bridgehead atoms. The number of aryl methyl sites for hydroxylation is 1. The first-order valence-electron chi connectivity index (χ1n) is 6.17. The van der Waals surface area contributed by atoms with Crippen molar-refractivity contribution in [1.82, 2.24) is 4.98 Å². The fourth-order valence-corrected chi connectivity index (χ4v) is 2.34. The Kier molecular flexibility index (Phi) is 4.84. The van der Waals surface area contributed by atoms with E-state index in [0.29, 0.717) is 5.13 Å². The summed E-state index contributed by atoms with van der Waals surface area (Å²) in [4.78, 5) is 19.9. The van der Waals surface area contributed by atoms with E-state index in [1.54, 1.807) is 0 Å². The van der Waals surface area contributed by atoms with Crippen molar-refractivity contribution >= 4 is 29.1 Å². The van der Waals surface area contributed by atoms with Gasteiger partial charge in [0.15, 0.2) is 10.8 Å². The van der Waals surface area contributed by atoms with Crippen LogP contribution in [0.2, 0.25) is 0 Å². The smallest absolute Gasteiger partial charge is 0.279 e. The molecule has 6 heteroatoms. The second-order valence-electron chi connectivity index (χ2n) is 4.25. The highest BCUT2D eigenvalue weighted by Gasteiger charge is 2.11. The number of amides is 1. The number of benzene rings is 1. The van der Waals surface area contributed by atoms with Gasteiger partial charge in [0.1, 0.15) is 6.26 Å². The molecule has 0 saturated carbocycles. The molecule has 21 heavy (non-hydrogen) atoms. The number of nitrogens with one attached hydrogen (secondary N) is 1.